The molecule has 9 heteroatoms. The quantitative estimate of drug-likeness (QED) is 0.762. The van der Waals surface area contributed by atoms with Crippen molar-refractivity contribution in [2.24, 2.45) is 0 Å². The fourth-order valence-corrected chi connectivity index (χ4v) is 2.12. The smallest absolute Gasteiger partial charge is 0.416 e. The largest absolute Gasteiger partial charge is 0.491 e. The number of nitrogens with one attached hydrogen (secondary N) is 2. The van der Waals surface area contributed by atoms with E-state index in [9.17, 15) is 18.0 Å². The van der Waals surface area contributed by atoms with Crippen LogP contribution in [0.3, 0.4) is 0 Å². The number of aryl methyl sites for hydroxylation is 1. The summed E-state index contributed by atoms with van der Waals surface area (Å²) in [6, 6.07) is 3.81. The molecule has 2 N–H and O–H groups in total. The van der Waals surface area contributed by atoms with Gasteiger partial charge in [-0.25, -0.2) is 0 Å². The van der Waals surface area contributed by atoms with Gasteiger partial charge in [0.25, 0.3) is 0 Å². The van der Waals surface area contributed by atoms with Gasteiger partial charge in [0.2, 0.25) is 5.91 Å². The Kier molecular flexibility index (Phi) is 6.12. The van der Waals surface area contributed by atoms with Gasteiger partial charge in [-0.1, -0.05) is 12.1 Å². The van der Waals surface area contributed by atoms with Crippen molar-refractivity contribution >= 4 is 17.4 Å². The van der Waals surface area contributed by atoms with Gasteiger partial charge in [0, 0.05) is 6.07 Å². The highest BCUT2D eigenvalue weighted by atomic mass is 19.4. The molecule has 0 saturated heterocycles. The summed E-state index contributed by atoms with van der Waals surface area (Å²) in [5, 5.41) is 8.93. The molecular weight excluding hydrogens is 351 g/mol. The standard InChI is InChI=1S/C17H20F3N3O3/c1-4-7-25-14-6-5-12(17(18,19)20)9-13(14)21-11(3)16(24)22-15-8-10(2)26-23-15/h5-6,8-9,11,21H,4,7H2,1-3H3,(H,22,23,24)/t11-/m0/s1. The fraction of sp³-hybridized carbons (Fsp3) is 0.412. The third kappa shape index (κ3) is 5.14. The van der Waals surface area contributed by atoms with Gasteiger partial charge >= 0.3 is 6.18 Å². The van der Waals surface area contributed by atoms with Crippen molar-refractivity contribution in [1.29, 1.82) is 0 Å². The number of rotatable bonds is 7. The Balaban J connectivity index is 2.17. The van der Waals surface area contributed by atoms with E-state index in [-0.39, 0.29) is 17.3 Å². The number of aromatic nitrogens is 1. The van der Waals surface area contributed by atoms with Crippen molar-refractivity contribution in [1.82, 2.24) is 5.16 Å². The second-order valence-corrected chi connectivity index (χ2v) is 5.74. The number of nitrogens with zero attached hydrogens (tertiary/aromatic N) is 1. The van der Waals surface area contributed by atoms with Gasteiger partial charge in [-0.15, -0.1) is 0 Å². The van der Waals surface area contributed by atoms with E-state index >= 15 is 0 Å². The molecule has 1 aromatic heterocycles. The molecule has 0 aliphatic rings. The molecular formula is C17H20F3N3O3. The lowest BCUT2D eigenvalue weighted by Gasteiger charge is -2.19. The van der Waals surface area contributed by atoms with Crippen LogP contribution in [0.15, 0.2) is 28.8 Å². The minimum absolute atomic E-state index is 0.0901. The van der Waals surface area contributed by atoms with Crippen LogP contribution in [0.4, 0.5) is 24.7 Å². The van der Waals surface area contributed by atoms with Gasteiger partial charge in [0.1, 0.15) is 17.6 Å². The molecule has 26 heavy (non-hydrogen) atoms. The lowest BCUT2D eigenvalue weighted by molar-refractivity contribution is -0.137. The zero-order valence-corrected chi connectivity index (χ0v) is 14.6. The van der Waals surface area contributed by atoms with E-state index in [2.05, 4.69) is 15.8 Å². The Labute approximate surface area is 148 Å². The average Bonchev–Trinajstić information content (AvgIpc) is 2.97. The molecule has 0 saturated carbocycles. The number of carbonyl (C=O) groups excluding carboxylic acids is 1. The van der Waals surface area contributed by atoms with E-state index in [1.165, 1.54) is 19.1 Å². The maximum absolute atomic E-state index is 13.0. The van der Waals surface area contributed by atoms with Crippen LogP contribution in [0.2, 0.25) is 0 Å². The highest BCUT2D eigenvalue weighted by molar-refractivity contribution is 5.95. The van der Waals surface area contributed by atoms with Crippen molar-refractivity contribution in [2.45, 2.75) is 39.4 Å². The van der Waals surface area contributed by atoms with E-state index in [1.54, 1.807) is 6.92 Å². The number of carbonyl (C=O) groups is 1. The SMILES string of the molecule is CCCOc1ccc(C(F)(F)F)cc1N[C@@H](C)C(=O)Nc1cc(C)on1. The predicted molar refractivity (Wildman–Crippen MR) is 90.2 cm³/mol. The van der Waals surface area contributed by atoms with Gasteiger partial charge in [0.05, 0.1) is 17.9 Å². The number of amides is 1. The highest BCUT2D eigenvalue weighted by Crippen LogP contribution is 2.35. The van der Waals surface area contributed by atoms with E-state index in [4.69, 9.17) is 9.26 Å². The number of hydrogen-bond acceptors (Lipinski definition) is 5. The van der Waals surface area contributed by atoms with Crippen LogP contribution < -0.4 is 15.4 Å². The molecule has 142 valence electrons. The molecule has 0 aliphatic heterocycles. The first-order chi connectivity index (χ1) is 12.2. The molecule has 2 aromatic rings. The first kappa shape index (κ1) is 19.6. The maximum Gasteiger partial charge on any atom is 0.416 e. The van der Waals surface area contributed by atoms with Gasteiger partial charge < -0.3 is 19.9 Å². The van der Waals surface area contributed by atoms with Crippen molar-refractivity contribution in [3.05, 3.63) is 35.6 Å². The summed E-state index contributed by atoms with van der Waals surface area (Å²) in [6.07, 6.45) is -3.80. The maximum atomic E-state index is 13.0. The van der Waals surface area contributed by atoms with Crippen LogP contribution in [0, 0.1) is 6.92 Å². The number of halogens is 3. The molecule has 1 amide bonds. The Morgan fingerprint density at radius 3 is 2.65 bits per heavy atom. The predicted octanol–water partition coefficient (Wildman–Crippen LogP) is 4.23. The van der Waals surface area contributed by atoms with Crippen molar-refractivity contribution in [2.75, 3.05) is 17.2 Å². The summed E-state index contributed by atoms with van der Waals surface area (Å²) in [4.78, 5) is 12.2. The number of ether oxygens (including phenoxy) is 1. The summed E-state index contributed by atoms with van der Waals surface area (Å²) in [7, 11) is 0. The first-order valence-electron chi connectivity index (χ1n) is 8.05. The number of anilines is 2. The molecule has 0 fully saturated rings. The van der Waals surface area contributed by atoms with Gasteiger partial charge in [0.15, 0.2) is 5.82 Å². The molecule has 1 atom stereocenters. The Morgan fingerprint density at radius 2 is 2.08 bits per heavy atom. The van der Waals surface area contributed by atoms with Crippen LogP contribution >= 0.6 is 0 Å². The third-order valence-corrected chi connectivity index (χ3v) is 3.41. The summed E-state index contributed by atoms with van der Waals surface area (Å²) < 4.78 is 49.2. The van der Waals surface area contributed by atoms with Gasteiger partial charge in [-0.3, -0.25) is 4.79 Å². The van der Waals surface area contributed by atoms with Crippen molar-refractivity contribution in [3.63, 3.8) is 0 Å². The molecule has 0 radical (unpaired) electrons. The van der Waals surface area contributed by atoms with Crippen LogP contribution in [0.1, 0.15) is 31.6 Å². The molecule has 2 rings (SSSR count). The van der Waals surface area contributed by atoms with Crippen LogP contribution in [-0.2, 0) is 11.0 Å². The minimum Gasteiger partial charge on any atom is -0.491 e. The number of hydrogen-bond donors (Lipinski definition) is 2. The Bertz CT molecular complexity index is 759. The number of alkyl halides is 3. The topological polar surface area (TPSA) is 76.4 Å². The molecule has 0 aliphatic carbocycles. The zero-order chi connectivity index (χ0) is 19.3. The summed E-state index contributed by atoms with van der Waals surface area (Å²) in [6.45, 7) is 5.42. The summed E-state index contributed by atoms with van der Waals surface area (Å²) >= 11 is 0. The number of benzene rings is 1. The zero-order valence-electron chi connectivity index (χ0n) is 14.6. The first-order valence-corrected chi connectivity index (χ1v) is 8.05. The lowest BCUT2D eigenvalue weighted by Crippen LogP contribution is -2.32. The fourth-order valence-electron chi connectivity index (χ4n) is 2.12. The molecule has 0 spiro atoms. The van der Waals surface area contributed by atoms with Crippen LogP contribution in [-0.4, -0.2) is 23.7 Å². The van der Waals surface area contributed by atoms with Gasteiger partial charge in [-0.05, 0) is 38.5 Å². The van der Waals surface area contributed by atoms with Crippen molar-refractivity contribution < 1.29 is 27.2 Å². The molecule has 1 aromatic carbocycles. The average molecular weight is 371 g/mol. The van der Waals surface area contributed by atoms with Crippen molar-refractivity contribution in [3.8, 4) is 5.75 Å². The second-order valence-electron chi connectivity index (χ2n) is 5.74. The van der Waals surface area contributed by atoms with Gasteiger partial charge in [-0.2, -0.15) is 13.2 Å². The summed E-state index contributed by atoms with van der Waals surface area (Å²) in [5.74, 6) is 0.524. The monoisotopic (exact) mass is 371 g/mol. The van der Waals surface area contributed by atoms with E-state index < -0.39 is 23.7 Å². The molecule has 6 nitrogen and oxygen atoms in total. The Morgan fingerprint density at radius 1 is 1.35 bits per heavy atom. The van der Waals surface area contributed by atoms with Crippen LogP contribution in [0.5, 0.6) is 5.75 Å². The normalized spacial score (nSPS) is 12.5. The lowest BCUT2D eigenvalue weighted by atomic mass is 10.1. The van der Waals surface area contributed by atoms with Crippen LogP contribution in [0.25, 0.3) is 0 Å². The Hall–Kier alpha value is -2.71. The van der Waals surface area contributed by atoms with E-state index in [0.717, 1.165) is 12.1 Å². The highest BCUT2D eigenvalue weighted by Gasteiger charge is 2.31. The summed E-state index contributed by atoms with van der Waals surface area (Å²) in [5.41, 5.74) is -0.740. The minimum atomic E-state index is -4.50. The van der Waals surface area contributed by atoms with E-state index in [0.29, 0.717) is 18.8 Å². The second kappa shape index (κ2) is 8.11. The molecule has 1 heterocycles. The van der Waals surface area contributed by atoms with E-state index in [1.807, 2.05) is 6.92 Å². The molecule has 0 unspecified atom stereocenters. The third-order valence-electron chi connectivity index (χ3n) is 3.41. The molecule has 0 bridgehead atoms.